The molecular weight excluding hydrogens is 248 g/mol. The highest BCUT2D eigenvalue weighted by molar-refractivity contribution is 6.31. The zero-order valence-corrected chi connectivity index (χ0v) is 12.0. The van der Waals surface area contributed by atoms with E-state index in [1.165, 1.54) is 7.05 Å². The van der Waals surface area contributed by atoms with Crippen molar-refractivity contribution in [2.75, 3.05) is 20.1 Å². The minimum atomic E-state index is 0.626. The maximum Gasteiger partial charge on any atom is 0.256 e. The van der Waals surface area contributed by atoms with Crippen molar-refractivity contribution >= 4 is 17.3 Å². The molecule has 1 rings (SSSR count). The fraction of sp³-hybridized carbons (Fsp3) is 0.429. The monoisotopic (exact) mass is 267 g/mol. The zero-order valence-electron chi connectivity index (χ0n) is 11.2. The van der Waals surface area contributed by atoms with Gasteiger partial charge in [0.05, 0.1) is 0 Å². The summed E-state index contributed by atoms with van der Waals surface area (Å²) in [6.45, 7) is 10.5. The lowest BCUT2D eigenvalue weighted by atomic mass is 10.1. The number of hydrogen-bond acceptors (Lipinski definition) is 2. The Morgan fingerprint density at radius 3 is 2.67 bits per heavy atom. The number of nitrogens with zero attached hydrogens (tertiary/aromatic N) is 2. The topological polar surface area (TPSA) is 23.3 Å². The summed E-state index contributed by atoms with van der Waals surface area (Å²) in [6, 6.07) is 5.35. The van der Waals surface area contributed by atoms with Gasteiger partial charge in [-0.05, 0) is 25.1 Å². The van der Waals surface area contributed by atoms with E-state index >= 15 is 0 Å². The molecule has 0 saturated heterocycles. The Balaban J connectivity index is 2.90. The van der Waals surface area contributed by atoms with Gasteiger partial charge in [-0.25, -0.2) is 0 Å². The van der Waals surface area contributed by atoms with Gasteiger partial charge >= 0.3 is 0 Å². The Hall–Kier alpha value is -1.19. The molecule has 0 bridgehead atoms. The van der Waals surface area contributed by atoms with Gasteiger partial charge in [-0.15, -0.1) is 0 Å². The molecule has 0 heterocycles. The molecule has 0 amide bonds. The van der Waals surface area contributed by atoms with Crippen molar-refractivity contribution in [3.8, 4) is 0 Å². The van der Waals surface area contributed by atoms with Gasteiger partial charge in [0.15, 0.2) is 7.05 Å². The van der Waals surface area contributed by atoms with Gasteiger partial charge in [-0.3, -0.25) is 4.90 Å². The van der Waals surface area contributed by atoms with Gasteiger partial charge in [0, 0.05) is 39.9 Å². The first-order chi connectivity index (χ1) is 8.43. The smallest absolute Gasteiger partial charge is 0.256 e. The summed E-state index contributed by atoms with van der Waals surface area (Å²) in [6.07, 6.45) is 0. The molecule has 0 N–H and O–H groups in total. The van der Waals surface area contributed by atoms with Crippen molar-refractivity contribution in [2.45, 2.75) is 20.4 Å². The Morgan fingerprint density at radius 2 is 2.17 bits per heavy atom. The normalized spacial score (nSPS) is 10.7. The van der Waals surface area contributed by atoms with E-state index in [1.807, 2.05) is 13.0 Å². The molecule has 0 aromatic heterocycles. The van der Waals surface area contributed by atoms with E-state index < -0.39 is 0 Å². The first kappa shape index (κ1) is 14.9. The van der Waals surface area contributed by atoms with Gasteiger partial charge in [0.1, 0.15) is 0 Å². The highest BCUT2D eigenvalue weighted by atomic mass is 35.5. The summed E-state index contributed by atoms with van der Waals surface area (Å²) in [5, 5.41) is 0.695. The van der Waals surface area contributed by atoms with Crippen LogP contribution >= 0.6 is 11.6 Å². The lowest BCUT2D eigenvalue weighted by molar-refractivity contribution is -0.428. The van der Waals surface area contributed by atoms with Crippen molar-refractivity contribution in [3.63, 3.8) is 0 Å². The van der Waals surface area contributed by atoms with Gasteiger partial charge in [0.25, 0.3) is 5.69 Å². The molecule has 1 aromatic carbocycles. The molecular formula is C14H20ClN2O+. The molecule has 1 aromatic rings. The second-order valence-corrected chi connectivity index (χ2v) is 4.94. The molecule has 0 aliphatic rings. The first-order valence-corrected chi connectivity index (χ1v) is 6.37. The van der Waals surface area contributed by atoms with Crippen LogP contribution in [-0.2, 0) is 6.54 Å². The highest BCUT2D eigenvalue weighted by Gasteiger charge is 2.13. The zero-order chi connectivity index (χ0) is 13.7. The minimum Gasteiger partial charge on any atom is -0.295 e. The SMILES string of the molecule is C=C(C)CN(CC)Cc1cc([N+](C)=O)ccc1Cl. The van der Waals surface area contributed by atoms with Crippen LogP contribution in [0, 0.1) is 4.91 Å². The van der Waals surface area contributed by atoms with Crippen molar-refractivity contribution in [3.05, 3.63) is 45.8 Å². The highest BCUT2D eigenvalue weighted by Crippen LogP contribution is 2.23. The Bertz CT molecular complexity index is 457. The Kier molecular flexibility index (Phi) is 5.51. The third kappa shape index (κ3) is 4.24. The van der Waals surface area contributed by atoms with Gasteiger partial charge in [-0.2, -0.15) is 0 Å². The standard InChI is InChI=1S/C14H20ClN2O/c1-5-17(9-11(2)3)10-12-8-13(16(4)18)6-7-14(12)15/h6-8H,2,5,9-10H2,1,3-4H3/q+1. The van der Waals surface area contributed by atoms with Crippen LogP contribution in [0.15, 0.2) is 30.4 Å². The van der Waals surface area contributed by atoms with E-state index in [9.17, 15) is 4.91 Å². The summed E-state index contributed by atoms with van der Waals surface area (Å²) in [4.78, 5) is 13.5. The molecule has 0 radical (unpaired) electrons. The number of halogens is 1. The number of hydrogen-bond donors (Lipinski definition) is 0. The van der Waals surface area contributed by atoms with E-state index in [0.29, 0.717) is 10.7 Å². The lowest BCUT2D eigenvalue weighted by Crippen LogP contribution is -2.24. The number of likely N-dealkylation sites (N-methyl/N-ethyl adjacent to an activating group) is 1. The summed E-state index contributed by atoms with van der Waals surface area (Å²) >= 11 is 6.17. The van der Waals surface area contributed by atoms with Crippen LogP contribution in [0.1, 0.15) is 19.4 Å². The van der Waals surface area contributed by atoms with Crippen LogP contribution in [0.3, 0.4) is 0 Å². The third-order valence-electron chi connectivity index (χ3n) is 2.73. The van der Waals surface area contributed by atoms with Crippen LogP contribution < -0.4 is 0 Å². The van der Waals surface area contributed by atoms with E-state index in [-0.39, 0.29) is 0 Å². The average Bonchev–Trinajstić information content (AvgIpc) is 2.29. The summed E-state index contributed by atoms with van der Waals surface area (Å²) in [5.41, 5.74) is 2.71. The molecule has 0 spiro atoms. The van der Waals surface area contributed by atoms with Crippen molar-refractivity contribution in [2.24, 2.45) is 0 Å². The summed E-state index contributed by atoms with van der Waals surface area (Å²) in [7, 11) is 1.48. The number of nitroso groups, excluding NO2 is 1. The van der Waals surface area contributed by atoms with Crippen LogP contribution in [0.5, 0.6) is 0 Å². The van der Waals surface area contributed by atoms with E-state index in [1.54, 1.807) is 12.1 Å². The minimum absolute atomic E-state index is 0.626. The van der Waals surface area contributed by atoms with E-state index in [4.69, 9.17) is 11.6 Å². The molecule has 0 fully saturated rings. The lowest BCUT2D eigenvalue weighted by Gasteiger charge is -2.20. The van der Waals surface area contributed by atoms with Crippen LogP contribution in [0.2, 0.25) is 5.02 Å². The fourth-order valence-corrected chi connectivity index (χ4v) is 1.96. The molecule has 98 valence electrons. The second kappa shape index (κ2) is 6.66. The molecule has 0 atom stereocenters. The second-order valence-electron chi connectivity index (χ2n) is 4.53. The number of rotatable bonds is 6. The summed E-state index contributed by atoms with van der Waals surface area (Å²) < 4.78 is 0.842. The number of benzene rings is 1. The maximum atomic E-state index is 11.3. The Morgan fingerprint density at radius 1 is 1.50 bits per heavy atom. The van der Waals surface area contributed by atoms with Gasteiger partial charge in [-0.1, -0.05) is 30.7 Å². The average molecular weight is 268 g/mol. The molecule has 0 unspecified atom stereocenters. The fourth-order valence-electron chi connectivity index (χ4n) is 1.78. The van der Waals surface area contributed by atoms with E-state index in [2.05, 4.69) is 18.4 Å². The first-order valence-electron chi connectivity index (χ1n) is 6.00. The van der Waals surface area contributed by atoms with Crippen LogP contribution in [0.4, 0.5) is 5.69 Å². The largest absolute Gasteiger partial charge is 0.295 e. The predicted octanol–water partition coefficient (Wildman–Crippen LogP) is 3.78. The third-order valence-corrected chi connectivity index (χ3v) is 3.10. The molecule has 4 heteroatoms. The quantitative estimate of drug-likeness (QED) is 0.578. The summed E-state index contributed by atoms with van der Waals surface area (Å²) in [5.74, 6) is 0. The van der Waals surface area contributed by atoms with Gasteiger partial charge < -0.3 is 0 Å². The molecule has 0 aliphatic heterocycles. The maximum absolute atomic E-state index is 11.3. The van der Waals surface area contributed by atoms with Crippen molar-refractivity contribution in [1.29, 1.82) is 0 Å². The van der Waals surface area contributed by atoms with Crippen LogP contribution in [0.25, 0.3) is 0 Å². The Labute approximate surface area is 114 Å². The van der Waals surface area contributed by atoms with Crippen molar-refractivity contribution in [1.82, 2.24) is 4.90 Å². The van der Waals surface area contributed by atoms with Crippen molar-refractivity contribution < 1.29 is 4.76 Å². The molecule has 3 nitrogen and oxygen atoms in total. The van der Waals surface area contributed by atoms with Crippen LogP contribution in [-0.4, -0.2) is 29.8 Å². The van der Waals surface area contributed by atoms with E-state index in [0.717, 1.165) is 35.5 Å². The molecule has 18 heavy (non-hydrogen) atoms. The molecule has 0 saturated carbocycles. The van der Waals surface area contributed by atoms with Gasteiger partial charge in [0.2, 0.25) is 0 Å². The molecule has 0 aliphatic carbocycles. The predicted molar refractivity (Wildman–Crippen MR) is 76.4 cm³/mol.